The van der Waals surface area contributed by atoms with Crippen molar-refractivity contribution in [3.8, 4) is 0 Å². The van der Waals surface area contributed by atoms with E-state index < -0.39 is 29.7 Å². The number of imidazole rings is 1. The number of esters is 1. The number of halogens is 1. The van der Waals surface area contributed by atoms with Gasteiger partial charge in [0.1, 0.15) is 5.82 Å². The van der Waals surface area contributed by atoms with Gasteiger partial charge in [0.15, 0.2) is 5.92 Å². The molecule has 2 atom stereocenters. The number of nitrogens with zero attached hydrogens (tertiary/aromatic N) is 3. The third-order valence-corrected chi connectivity index (χ3v) is 5.64. The maximum absolute atomic E-state index is 15.0. The Kier molecular flexibility index (Phi) is 5.76. The Morgan fingerprint density at radius 2 is 1.87 bits per heavy atom. The topological polar surface area (TPSA) is 64.4 Å². The maximum Gasteiger partial charge on any atom is 0.321 e. The Bertz CT molecular complexity index is 1120. The molecular formula is C24H26FN3O3. The highest BCUT2D eigenvalue weighted by molar-refractivity contribution is 6.08. The Balaban J connectivity index is 1.98. The molecule has 1 aliphatic rings. The molecule has 2 aromatic carbocycles. The molecule has 2 heterocycles. The maximum atomic E-state index is 15.0. The molecule has 2 unspecified atom stereocenters. The molecule has 0 N–H and O–H groups in total. The second-order valence-electron chi connectivity index (χ2n) is 8.14. The summed E-state index contributed by atoms with van der Waals surface area (Å²) in [6, 6.07) is 12.8. The number of carbonyl (C=O) groups excluding carboxylic acids is 2. The van der Waals surface area contributed by atoms with E-state index in [1.807, 2.05) is 28.8 Å². The van der Waals surface area contributed by atoms with E-state index >= 15 is 0 Å². The van der Waals surface area contributed by atoms with Crippen molar-refractivity contribution in [2.45, 2.75) is 33.2 Å². The van der Waals surface area contributed by atoms with Gasteiger partial charge in [-0.15, -0.1) is 0 Å². The number of para-hydroxylation sites is 2. The van der Waals surface area contributed by atoms with Crippen molar-refractivity contribution in [3.05, 3.63) is 59.9 Å². The van der Waals surface area contributed by atoms with Crippen molar-refractivity contribution in [2.24, 2.45) is 11.8 Å². The predicted molar refractivity (Wildman–Crippen MR) is 116 cm³/mol. The van der Waals surface area contributed by atoms with Crippen LogP contribution >= 0.6 is 0 Å². The largest absolute Gasteiger partial charge is 0.465 e. The fourth-order valence-corrected chi connectivity index (χ4v) is 4.14. The molecule has 0 fully saturated rings. The van der Waals surface area contributed by atoms with Crippen LogP contribution in [0.15, 0.2) is 48.5 Å². The zero-order valence-electron chi connectivity index (χ0n) is 17.9. The number of hydrogen-bond donors (Lipinski definition) is 0. The zero-order chi connectivity index (χ0) is 22.1. The number of fused-ring (bicyclic) bond motifs is 3. The Morgan fingerprint density at radius 1 is 1.16 bits per heavy atom. The summed E-state index contributed by atoms with van der Waals surface area (Å²) >= 11 is 0. The fourth-order valence-electron chi connectivity index (χ4n) is 4.14. The normalized spacial score (nSPS) is 18.5. The summed E-state index contributed by atoms with van der Waals surface area (Å²) in [6.07, 6.45) is 0.745. The summed E-state index contributed by atoms with van der Waals surface area (Å²) in [5.41, 5.74) is 1.69. The molecule has 0 bridgehead atoms. The standard InChI is InChI=1S/C24H26FN3O3/c1-4-31-23(30)20-21(16-9-5-6-10-17(16)25)28-19-12-8-7-11-18(19)26-24(28)27(22(20)29)14-13-15(2)3/h5-12,15,20-21H,4,13-14H2,1-3H3. The monoisotopic (exact) mass is 423 g/mol. The molecule has 0 aliphatic carbocycles. The van der Waals surface area contributed by atoms with Crippen molar-refractivity contribution in [3.63, 3.8) is 0 Å². The van der Waals surface area contributed by atoms with Gasteiger partial charge in [-0.3, -0.25) is 14.5 Å². The van der Waals surface area contributed by atoms with Gasteiger partial charge < -0.3 is 9.30 Å². The summed E-state index contributed by atoms with van der Waals surface area (Å²) in [6.45, 7) is 6.39. The number of benzene rings is 2. The van der Waals surface area contributed by atoms with Crippen LogP contribution in [0, 0.1) is 17.7 Å². The van der Waals surface area contributed by atoms with Gasteiger partial charge in [-0.25, -0.2) is 9.37 Å². The number of aromatic nitrogens is 2. The number of anilines is 1. The van der Waals surface area contributed by atoms with Crippen molar-refractivity contribution in [1.82, 2.24) is 9.55 Å². The third kappa shape index (κ3) is 3.69. The molecular weight excluding hydrogens is 397 g/mol. The highest BCUT2D eigenvalue weighted by Gasteiger charge is 2.48. The summed E-state index contributed by atoms with van der Waals surface area (Å²) in [5, 5.41) is 0. The molecule has 3 aromatic rings. The van der Waals surface area contributed by atoms with E-state index in [1.54, 1.807) is 30.0 Å². The molecule has 1 aromatic heterocycles. The first-order valence-corrected chi connectivity index (χ1v) is 10.6. The molecule has 31 heavy (non-hydrogen) atoms. The Morgan fingerprint density at radius 3 is 2.58 bits per heavy atom. The van der Waals surface area contributed by atoms with Gasteiger partial charge in [0.2, 0.25) is 11.9 Å². The van der Waals surface area contributed by atoms with Crippen molar-refractivity contribution >= 4 is 28.9 Å². The average Bonchev–Trinajstić information content (AvgIpc) is 3.12. The van der Waals surface area contributed by atoms with Crippen LogP contribution in [0.2, 0.25) is 0 Å². The SMILES string of the molecule is CCOC(=O)C1C(=O)N(CCC(C)C)c2nc3ccccc3n2C1c1ccccc1F. The molecule has 0 saturated carbocycles. The molecule has 0 spiro atoms. The summed E-state index contributed by atoms with van der Waals surface area (Å²) in [5.74, 6) is -1.95. The number of amides is 1. The molecule has 6 nitrogen and oxygen atoms in total. The van der Waals surface area contributed by atoms with Crippen molar-refractivity contribution < 1.29 is 18.7 Å². The van der Waals surface area contributed by atoms with Crippen molar-refractivity contribution in [1.29, 1.82) is 0 Å². The second kappa shape index (κ2) is 8.49. The van der Waals surface area contributed by atoms with Crippen LogP contribution in [0.5, 0.6) is 0 Å². The van der Waals surface area contributed by atoms with E-state index in [0.29, 0.717) is 23.9 Å². The van der Waals surface area contributed by atoms with Crippen LogP contribution in [0.25, 0.3) is 11.0 Å². The fraction of sp³-hybridized carbons (Fsp3) is 0.375. The van der Waals surface area contributed by atoms with E-state index in [2.05, 4.69) is 13.8 Å². The van der Waals surface area contributed by atoms with E-state index in [9.17, 15) is 14.0 Å². The van der Waals surface area contributed by atoms with Crippen LogP contribution in [0.4, 0.5) is 10.3 Å². The first-order valence-electron chi connectivity index (χ1n) is 10.6. The number of hydrogen-bond acceptors (Lipinski definition) is 4. The smallest absolute Gasteiger partial charge is 0.321 e. The summed E-state index contributed by atoms with van der Waals surface area (Å²) in [7, 11) is 0. The molecule has 7 heteroatoms. The van der Waals surface area contributed by atoms with Crippen molar-refractivity contribution in [2.75, 3.05) is 18.1 Å². The summed E-state index contributed by atoms with van der Waals surface area (Å²) < 4.78 is 22.1. The average molecular weight is 423 g/mol. The lowest BCUT2D eigenvalue weighted by atomic mass is 9.89. The zero-order valence-corrected chi connectivity index (χ0v) is 17.9. The number of carbonyl (C=O) groups is 2. The highest BCUT2D eigenvalue weighted by Crippen LogP contribution is 2.42. The van der Waals surface area contributed by atoms with Crippen LogP contribution in [-0.2, 0) is 14.3 Å². The van der Waals surface area contributed by atoms with Crippen LogP contribution < -0.4 is 4.90 Å². The highest BCUT2D eigenvalue weighted by atomic mass is 19.1. The third-order valence-electron chi connectivity index (χ3n) is 5.64. The number of ether oxygens (including phenoxy) is 1. The van der Waals surface area contributed by atoms with Gasteiger partial charge in [0, 0.05) is 12.1 Å². The quantitative estimate of drug-likeness (QED) is 0.437. The van der Waals surface area contributed by atoms with Gasteiger partial charge in [0.05, 0.1) is 23.7 Å². The minimum atomic E-state index is -1.20. The molecule has 4 rings (SSSR count). The Hall–Kier alpha value is -3.22. The van der Waals surface area contributed by atoms with Gasteiger partial charge in [-0.2, -0.15) is 0 Å². The molecule has 162 valence electrons. The van der Waals surface area contributed by atoms with Crippen LogP contribution in [0.3, 0.4) is 0 Å². The predicted octanol–water partition coefficient (Wildman–Crippen LogP) is 4.34. The number of rotatable bonds is 6. The lowest BCUT2D eigenvalue weighted by Crippen LogP contribution is -2.50. The summed E-state index contributed by atoms with van der Waals surface area (Å²) in [4.78, 5) is 32.9. The molecule has 1 amide bonds. The van der Waals surface area contributed by atoms with Crippen LogP contribution in [0.1, 0.15) is 38.8 Å². The van der Waals surface area contributed by atoms with E-state index in [-0.39, 0.29) is 12.2 Å². The molecule has 0 radical (unpaired) electrons. The molecule has 1 aliphatic heterocycles. The minimum absolute atomic E-state index is 0.135. The van der Waals surface area contributed by atoms with Gasteiger partial charge in [0.25, 0.3) is 0 Å². The van der Waals surface area contributed by atoms with Gasteiger partial charge in [-0.05, 0) is 37.5 Å². The Labute approximate surface area is 180 Å². The lowest BCUT2D eigenvalue weighted by Gasteiger charge is -2.38. The minimum Gasteiger partial charge on any atom is -0.465 e. The van der Waals surface area contributed by atoms with E-state index in [0.717, 1.165) is 11.9 Å². The van der Waals surface area contributed by atoms with Gasteiger partial charge >= 0.3 is 5.97 Å². The first-order chi connectivity index (χ1) is 14.9. The van der Waals surface area contributed by atoms with Gasteiger partial charge in [-0.1, -0.05) is 44.2 Å². The molecule has 0 saturated heterocycles. The second-order valence-corrected chi connectivity index (χ2v) is 8.14. The van der Waals surface area contributed by atoms with E-state index in [4.69, 9.17) is 9.72 Å². The van der Waals surface area contributed by atoms with E-state index in [1.165, 1.54) is 6.07 Å². The first kappa shape index (κ1) is 21.0. The lowest BCUT2D eigenvalue weighted by molar-refractivity contribution is -0.153. The van der Waals surface area contributed by atoms with Crippen LogP contribution in [-0.4, -0.2) is 34.6 Å².